The zero-order chi connectivity index (χ0) is 18.6. The number of nitrogens with zero attached hydrogens (tertiary/aromatic N) is 2. The summed E-state index contributed by atoms with van der Waals surface area (Å²) in [6.45, 7) is 6.75. The SMILES string of the molecule is CCNC(=NCc1ccc(OCC)c(OC)c1)NCCc1ccccn1.I. The van der Waals surface area contributed by atoms with Crippen molar-refractivity contribution in [2.75, 3.05) is 26.8 Å². The molecule has 0 fully saturated rings. The van der Waals surface area contributed by atoms with E-state index < -0.39 is 0 Å². The van der Waals surface area contributed by atoms with E-state index in [1.165, 1.54) is 0 Å². The van der Waals surface area contributed by atoms with Crippen LogP contribution in [0.25, 0.3) is 0 Å². The van der Waals surface area contributed by atoms with Crippen LogP contribution >= 0.6 is 24.0 Å². The lowest BCUT2D eigenvalue weighted by atomic mass is 10.2. The van der Waals surface area contributed by atoms with Crippen LogP contribution in [0.2, 0.25) is 0 Å². The van der Waals surface area contributed by atoms with Gasteiger partial charge in [0.2, 0.25) is 0 Å². The molecule has 0 saturated heterocycles. The van der Waals surface area contributed by atoms with Gasteiger partial charge in [-0.15, -0.1) is 24.0 Å². The molecule has 0 bridgehead atoms. The molecule has 27 heavy (non-hydrogen) atoms. The molecule has 0 radical (unpaired) electrons. The monoisotopic (exact) mass is 484 g/mol. The zero-order valence-corrected chi connectivity index (χ0v) is 18.5. The average molecular weight is 484 g/mol. The summed E-state index contributed by atoms with van der Waals surface area (Å²) in [7, 11) is 1.65. The maximum absolute atomic E-state index is 5.55. The predicted octanol–water partition coefficient (Wildman–Crippen LogP) is 3.40. The Bertz CT molecular complexity index is 696. The average Bonchev–Trinajstić information content (AvgIpc) is 2.68. The molecule has 1 heterocycles. The van der Waals surface area contributed by atoms with Crippen molar-refractivity contribution in [3.8, 4) is 11.5 Å². The van der Waals surface area contributed by atoms with Crippen LogP contribution in [0.4, 0.5) is 0 Å². The predicted molar refractivity (Wildman–Crippen MR) is 120 cm³/mol. The molecular weight excluding hydrogens is 455 g/mol. The van der Waals surface area contributed by atoms with Gasteiger partial charge in [0.05, 0.1) is 20.3 Å². The second-order valence-electron chi connectivity index (χ2n) is 5.61. The summed E-state index contributed by atoms with van der Waals surface area (Å²) >= 11 is 0. The highest BCUT2D eigenvalue weighted by atomic mass is 127. The van der Waals surface area contributed by atoms with Gasteiger partial charge in [-0.3, -0.25) is 4.98 Å². The number of guanidine groups is 1. The molecule has 0 unspecified atom stereocenters. The van der Waals surface area contributed by atoms with E-state index in [1.807, 2.05) is 49.5 Å². The maximum Gasteiger partial charge on any atom is 0.191 e. The third kappa shape index (κ3) is 8.03. The highest BCUT2D eigenvalue weighted by Gasteiger charge is 2.05. The van der Waals surface area contributed by atoms with E-state index in [0.29, 0.717) is 13.2 Å². The lowest BCUT2D eigenvalue weighted by molar-refractivity contribution is 0.310. The van der Waals surface area contributed by atoms with Crippen molar-refractivity contribution >= 4 is 29.9 Å². The number of methoxy groups -OCH3 is 1. The first-order valence-electron chi connectivity index (χ1n) is 8.98. The van der Waals surface area contributed by atoms with Crippen LogP contribution in [0.3, 0.4) is 0 Å². The molecule has 0 saturated carbocycles. The molecule has 0 aliphatic rings. The third-order valence-corrected chi connectivity index (χ3v) is 3.69. The fraction of sp³-hybridized carbons (Fsp3) is 0.400. The first-order valence-corrected chi connectivity index (χ1v) is 8.98. The Balaban J connectivity index is 0.00000364. The van der Waals surface area contributed by atoms with E-state index in [9.17, 15) is 0 Å². The Morgan fingerprint density at radius 2 is 1.96 bits per heavy atom. The van der Waals surface area contributed by atoms with E-state index in [-0.39, 0.29) is 24.0 Å². The van der Waals surface area contributed by atoms with Gasteiger partial charge in [-0.2, -0.15) is 0 Å². The molecular formula is C20H29IN4O2. The number of pyridine rings is 1. The smallest absolute Gasteiger partial charge is 0.191 e. The normalized spacial score (nSPS) is 10.7. The van der Waals surface area contributed by atoms with Crippen molar-refractivity contribution in [3.63, 3.8) is 0 Å². The molecule has 148 valence electrons. The largest absolute Gasteiger partial charge is 0.493 e. The molecule has 1 aromatic heterocycles. The van der Waals surface area contributed by atoms with Crippen molar-refractivity contribution in [1.29, 1.82) is 0 Å². The molecule has 0 atom stereocenters. The van der Waals surface area contributed by atoms with E-state index in [0.717, 1.165) is 48.2 Å². The molecule has 0 aliphatic carbocycles. The Morgan fingerprint density at radius 3 is 2.63 bits per heavy atom. The van der Waals surface area contributed by atoms with Gasteiger partial charge in [-0.1, -0.05) is 12.1 Å². The molecule has 0 spiro atoms. The summed E-state index contributed by atoms with van der Waals surface area (Å²) in [5.74, 6) is 2.27. The number of hydrogen-bond donors (Lipinski definition) is 2. The molecule has 0 amide bonds. The minimum Gasteiger partial charge on any atom is -0.493 e. The van der Waals surface area contributed by atoms with Crippen molar-refractivity contribution in [3.05, 3.63) is 53.9 Å². The van der Waals surface area contributed by atoms with Gasteiger partial charge in [0.25, 0.3) is 0 Å². The number of rotatable bonds is 9. The number of aromatic nitrogens is 1. The number of aliphatic imine (C=N–C) groups is 1. The van der Waals surface area contributed by atoms with Crippen molar-refractivity contribution in [2.24, 2.45) is 4.99 Å². The lowest BCUT2D eigenvalue weighted by Crippen LogP contribution is -2.38. The summed E-state index contributed by atoms with van der Waals surface area (Å²) in [4.78, 5) is 8.98. The van der Waals surface area contributed by atoms with Crippen LogP contribution in [-0.2, 0) is 13.0 Å². The van der Waals surface area contributed by atoms with Gasteiger partial charge >= 0.3 is 0 Å². The number of benzene rings is 1. The maximum atomic E-state index is 5.55. The number of ether oxygens (including phenoxy) is 2. The topological polar surface area (TPSA) is 67.8 Å². The van der Waals surface area contributed by atoms with E-state index in [2.05, 4.69) is 27.5 Å². The summed E-state index contributed by atoms with van der Waals surface area (Å²) in [6.07, 6.45) is 2.66. The van der Waals surface area contributed by atoms with Crippen LogP contribution in [0, 0.1) is 0 Å². The van der Waals surface area contributed by atoms with Crippen molar-refractivity contribution in [2.45, 2.75) is 26.8 Å². The van der Waals surface area contributed by atoms with Gasteiger partial charge < -0.3 is 20.1 Å². The van der Waals surface area contributed by atoms with E-state index in [1.54, 1.807) is 7.11 Å². The first-order chi connectivity index (χ1) is 12.8. The van der Waals surface area contributed by atoms with Crippen LogP contribution in [0.15, 0.2) is 47.6 Å². The van der Waals surface area contributed by atoms with Gasteiger partial charge in [0.1, 0.15) is 0 Å². The molecule has 1 aromatic carbocycles. The van der Waals surface area contributed by atoms with E-state index in [4.69, 9.17) is 9.47 Å². The Labute approximate surface area is 178 Å². The summed E-state index contributed by atoms with van der Waals surface area (Å²) in [5, 5.41) is 6.60. The molecule has 6 nitrogen and oxygen atoms in total. The number of hydrogen-bond acceptors (Lipinski definition) is 4. The molecule has 0 aliphatic heterocycles. The summed E-state index contributed by atoms with van der Waals surface area (Å²) < 4.78 is 10.9. The summed E-state index contributed by atoms with van der Waals surface area (Å²) in [6, 6.07) is 11.8. The number of nitrogens with one attached hydrogen (secondary N) is 2. The second-order valence-corrected chi connectivity index (χ2v) is 5.61. The second kappa shape index (κ2) is 13.2. The molecule has 2 aromatic rings. The first kappa shape index (κ1) is 23.0. The van der Waals surface area contributed by atoms with Crippen LogP contribution in [0.5, 0.6) is 11.5 Å². The van der Waals surface area contributed by atoms with Crippen molar-refractivity contribution < 1.29 is 9.47 Å². The highest BCUT2D eigenvalue weighted by Crippen LogP contribution is 2.28. The fourth-order valence-corrected chi connectivity index (χ4v) is 2.45. The third-order valence-electron chi connectivity index (χ3n) is 3.69. The van der Waals surface area contributed by atoms with Crippen LogP contribution < -0.4 is 20.1 Å². The Morgan fingerprint density at radius 1 is 1.11 bits per heavy atom. The lowest BCUT2D eigenvalue weighted by Gasteiger charge is -2.12. The number of halogens is 1. The summed E-state index contributed by atoms with van der Waals surface area (Å²) in [5.41, 5.74) is 2.12. The molecule has 7 heteroatoms. The van der Waals surface area contributed by atoms with Gasteiger partial charge in [-0.05, 0) is 43.7 Å². The standard InChI is InChI=1S/C20H28N4O2.HI/c1-4-21-20(23-13-11-17-8-6-7-12-22-17)24-15-16-9-10-18(26-5-2)19(14-16)25-3;/h6-10,12,14H,4-5,11,13,15H2,1-3H3,(H2,21,23,24);1H. The fourth-order valence-electron chi connectivity index (χ4n) is 2.45. The van der Waals surface area contributed by atoms with Gasteiger partial charge in [-0.25, -0.2) is 4.99 Å². The van der Waals surface area contributed by atoms with E-state index >= 15 is 0 Å². The molecule has 2 N–H and O–H groups in total. The van der Waals surface area contributed by atoms with Crippen molar-refractivity contribution in [1.82, 2.24) is 15.6 Å². The Hall–Kier alpha value is -2.03. The zero-order valence-electron chi connectivity index (χ0n) is 16.2. The van der Waals surface area contributed by atoms with Gasteiger partial charge in [0, 0.05) is 31.4 Å². The molecule has 2 rings (SSSR count). The minimum absolute atomic E-state index is 0. The highest BCUT2D eigenvalue weighted by molar-refractivity contribution is 14.0. The quantitative estimate of drug-likeness (QED) is 0.325. The minimum atomic E-state index is 0. The van der Waals surface area contributed by atoms with Crippen LogP contribution in [-0.4, -0.2) is 37.7 Å². The van der Waals surface area contributed by atoms with Crippen LogP contribution in [0.1, 0.15) is 25.1 Å². The van der Waals surface area contributed by atoms with Gasteiger partial charge in [0.15, 0.2) is 17.5 Å². The Kier molecular flexibility index (Phi) is 11.2.